The van der Waals surface area contributed by atoms with Crippen LogP contribution in [-0.4, -0.2) is 28.1 Å². The Balaban J connectivity index is 2.27. The number of aryl methyl sites for hydroxylation is 1. The van der Waals surface area contributed by atoms with Crippen LogP contribution < -0.4 is 5.56 Å². The van der Waals surface area contributed by atoms with Crippen molar-refractivity contribution in [3.63, 3.8) is 0 Å². The van der Waals surface area contributed by atoms with Crippen LogP contribution in [0.1, 0.15) is 18.5 Å². The van der Waals surface area contributed by atoms with E-state index in [1.54, 1.807) is 10.9 Å². The van der Waals surface area contributed by atoms with Crippen molar-refractivity contribution in [3.8, 4) is 0 Å². The topological polar surface area (TPSA) is 44.1 Å². The van der Waals surface area contributed by atoms with Crippen molar-refractivity contribution in [1.29, 1.82) is 0 Å². The van der Waals surface area contributed by atoms with Crippen LogP contribution in [0.5, 0.6) is 0 Å². The van der Waals surface area contributed by atoms with Crippen molar-refractivity contribution in [3.05, 3.63) is 26.8 Å². The molecule has 0 saturated carbocycles. The van der Waals surface area contributed by atoms with Crippen molar-refractivity contribution in [1.82, 2.24) is 9.55 Å². The number of aromatic nitrogens is 2. The predicted molar refractivity (Wildman–Crippen MR) is 77.2 cm³/mol. The minimum Gasteiger partial charge on any atom is -0.381 e. The number of hydrogen-bond acceptors (Lipinski definition) is 3. The zero-order valence-corrected chi connectivity index (χ0v) is 13.5. The largest absolute Gasteiger partial charge is 0.381 e. The highest BCUT2D eigenvalue weighted by atomic mass is 79.9. The number of rotatable bonds is 3. The second-order valence-electron chi connectivity index (χ2n) is 4.82. The number of nitrogens with zero attached hydrogens (tertiary/aromatic N) is 2. The third-order valence-electron chi connectivity index (χ3n) is 3.50. The van der Waals surface area contributed by atoms with E-state index < -0.39 is 0 Å². The molecule has 1 aromatic rings. The van der Waals surface area contributed by atoms with Gasteiger partial charge in [-0.3, -0.25) is 9.36 Å². The summed E-state index contributed by atoms with van der Waals surface area (Å²) in [6.45, 7) is 4.04. The predicted octanol–water partition coefficient (Wildman–Crippen LogP) is 2.51. The molecule has 18 heavy (non-hydrogen) atoms. The van der Waals surface area contributed by atoms with Crippen molar-refractivity contribution in [2.45, 2.75) is 26.3 Å². The van der Waals surface area contributed by atoms with E-state index in [2.05, 4.69) is 36.8 Å². The lowest BCUT2D eigenvalue weighted by atomic mass is 9.82. The van der Waals surface area contributed by atoms with Crippen LogP contribution in [0.15, 0.2) is 15.6 Å². The Morgan fingerprint density at radius 1 is 1.50 bits per heavy atom. The van der Waals surface area contributed by atoms with Crippen LogP contribution in [0.25, 0.3) is 0 Å². The molecule has 0 bridgehead atoms. The second-order valence-corrected chi connectivity index (χ2v) is 6.18. The lowest BCUT2D eigenvalue weighted by molar-refractivity contribution is 0.0179. The summed E-state index contributed by atoms with van der Waals surface area (Å²) in [4.78, 5) is 16.4. The molecule has 1 fully saturated rings. The highest BCUT2D eigenvalue weighted by molar-refractivity contribution is 9.10. The van der Waals surface area contributed by atoms with E-state index >= 15 is 0 Å². The second kappa shape index (κ2) is 5.84. The molecular weight excluding hydrogens is 364 g/mol. The molecule has 1 aromatic heterocycles. The van der Waals surface area contributed by atoms with Crippen molar-refractivity contribution in [2.75, 3.05) is 18.5 Å². The average Bonchev–Trinajstić information content (AvgIpc) is 2.41. The molecule has 100 valence electrons. The van der Waals surface area contributed by atoms with E-state index in [4.69, 9.17) is 4.74 Å². The SMILES string of the molecule is Cc1ncn(CC2(CBr)CCOCC2)c(=O)c1Br. The zero-order chi connectivity index (χ0) is 13.2. The summed E-state index contributed by atoms with van der Waals surface area (Å²) in [6, 6.07) is 0. The number of ether oxygens (including phenoxy) is 1. The smallest absolute Gasteiger partial charge is 0.267 e. The molecule has 1 aliphatic heterocycles. The van der Waals surface area contributed by atoms with Gasteiger partial charge in [0.1, 0.15) is 4.47 Å². The van der Waals surface area contributed by atoms with Crippen LogP contribution in [0.4, 0.5) is 0 Å². The van der Waals surface area contributed by atoms with E-state index in [9.17, 15) is 4.79 Å². The molecule has 0 amide bonds. The maximum atomic E-state index is 12.2. The van der Waals surface area contributed by atoms with Crippen molar-refractivity contribution >= 4 is 31.9 Å². The van der Waals surface area contributed by atoms with Crippen LogP contribution in [0, 0.1) is 12.3 Å². The first-order valence-corrected chi connectivity index (χ1v) is 7.85. The first-order chi connectivity index (χ1) is 8.58. The summed E-state index contributed by atoms with van der Waals surface area (Å²) >= 11 is 6.88. The normalized spacial score (nSPS) is 18.8. The van der Waals surface area contributed by atoms with Gasteiger partial charge in [-0.15, -0.1) is 0 Å². The van der Waals surface area contributed by atoms with Crippen molar-refractivity contribution in [2.24, 2.45) is 5.41 Å². The Morgan fingerprint density at radius 2 is 2.17 bits per heavy atom. The summed E-state index contributed by atoms with van der Waals surface area (Å²) in [5, 5.41) is 0.876. The Kier molecular flexibility index (Phi) is 4.61. The Bertz CT molecular complexity index is 481. The summed E-state index contributed by atoms with van der Waals surface area (Å²) in [6.07, 6.45) is 3.58. The Hall–Kier alpha value is -0.200. The van der Waals surface area contributed by atoms with Gasteiger partial charge in [0.15, 0.2) is 0 Å². The van der Waals surface area contributed by atoms with E-state index in [0.717, 1.165) is 37.1 Å². The fraction of sp³-hybridized carbons (Fsp3) is 0.667. The van der Waals surface area contributed by atoms with E-state index in [1.165, 1.54) is 0 Å². The van der Waals surface area contributed by atoms with Gasteiger partial charge in [-0.25, -0.2) is 4.98 Å². The molecule has 0 aliphatic carbocycles. The molecule has 4 nitrogen and oxygen atoms in total. The van der Waals surface area contributed by atoms with Gasteiger partial charge in [-0.05, 0) is 35.7 Å². The fourth-order valence-corrected chi connectivity index (χ4v) is 3.23. The van der Waals surface area contributed by atoms with Gasteiger partial charge in [-0.2, -0.15) is 0 Å². The van der Waals surface area contributed by atoms with Gasteiger partial charge in [-0.1, -0.05) is 15.9 Å². The third kappa shape index (κ3) is 2.86. The molecule has 2 rings (SSSR count). The quantitative estimate of drug-likeness (QED) is 0.758. The zero-order valence-electron chi connectivity index (χ0n) is 10.3. The number of alkyl halides is 1. The van der Waals surface area contributed by atoms with E-state index in [-0.39, 0.29) is 11.0 Å². The maximum absolute atomic E-state index is 12.2. The summed E-state index contributed by atoms with van der Waals surface area (Å²) in [7, 11) is 0. The van der Waals surface area contributed by atoms with Gasteiger partial charge in [0.05, 0.1) is 12.0 Å². The molecule has 1 saturated heterocycles. The number of halogens is 2. The summed E-state index contributed by atoms with van der Waals surface area (Å²) < 4.78 is 7.66. The van der Waals surface area contributed by atoms with Gasteiger partial charge in [0.25, 0.3) is 5.56 Å². The molecule has 0 radical (unpaired) electrons. The van der Waals surface area contributed by atoms with Gasteiger partial charge >= 0.3 is 0 Å². The van der Waals surface area contributed by atoms with E-state index in [0.29, 0.717) is 11.0 Å². The van der Waals surface area contributed by atoms with Gasteiger partial charge < -0.3 is 4.74 Å². The fourth-order valence-electron chi connectivity index (χ4n) is 2.16. The van der Waals surface area contributed by atoms with Gasteiger partial charge in [0.2, 0.25) is 0 Å². The molecule has 0 unspecified atom stereocenters. The molecule has 6 heteroatoms. The first kappa shape index (κ1) is 14.2. The van der Waals surface area contributed by atoms with Crippen LogP contribution in [0.3, 0.4) is 0 Å². The molecule has 0 atom stereocenters. The van der Waals surface area contributed by atoms with Gasteiger partial charge in [0, 0.05) is 30.5 Å². The van der Waals surface area contributed by atoms with Crippen molar-refractivity contribution < 1.29 is 4.74 Å². The average molecular weight is 380 g/mol. The highest BCUT2D eigenvalue weighted by Crippen LogP contribution is 2.34. The summed E-state index contributed by atoms with van der Waals surface area (Å²) in [5.74, 6) is 0. The Labute approximate surface area is 123 Å². The standard InChI is InChI=1S/C12H16Br2N2O2/c1-9-10(14)11(17)16(8-15-9)7-12(6-13)2-4-18-5-3-12/h8H,2-7H2,1H3. The monoisotopic (exact) mass is 378 g/mol. The van der Waals surface area contributed by atoms with Crippen LogP contribution >= 0.6 is 31.9 Å². The maximum Gasteiger partial charge on any atom is 0.267 e. The molecule has 1 aliphatic rings. The molecule has 0 aromatic carbocycles. The third-order valence-corrected chi connectivity index (χ3v) is 5.60. The lowest BCUT2D eigenvalue weighted by Crippen LogP contribution is -2.38. The highest BCUT2D eigenvalue weighted by Gasteiger charge is 2.32. The molecular formula is C12H16Br2N2O2. The molecule has 0 spiro atoms. The van der Waals surface area contributed by atoms with Crippen LogP contribution in [-0.2, 0) is 11.3 Å². The first-order valence-electron chi connectivity index (χ1n) is 5.93. The minimum absolute atomic E-state index is 0.00526. The van der Waals surface area contributed by atoms with E-state index in [1.807, 2.05) is 6.92 Å². The summed E-state index contributed by atoms with van der Waals surface area (Å²) in [5.41, 5.74) is 0.823. The number of hydrogen-bond donors (Lipinski definition) is 0. The van der Waals surface area contributed by atoms with Crippen LogP contribution in [0.2, 0.25) is 0 Å². The molecule has 0 N–H and O–H groups in total. The lowest BCUT2D eigenvalue weighted by Gasteiger charge is -2.35. The molecule has 2 heterocycles. The minimum atomic E-state index is -0.00526. The Morgan fingerprint density at radius 3 is 2.78 bits per heavy atom.